The highest BCUT2D eigenvalue weighted by atomic mass is 32.2. The first kappa shape index (κ1) is 12.3. The van der Waals surface area contributed by atoms with E-state index in [1.165, 1.54) is 6.07 Å². The number of hydrogen-bond acceptors (Lipinski definition) is 2. The summed E-state index contributed by atoms with van der Waals surface area (Å²) in [4.78, 5) is 0. The predicted octanol–water partition coefficient (Wildman–Crippen LogP) is 1.56. The Labute approximate surface area is 89.9 Å². The summed E-state index contributed by atoms with van der Waals surface area (Å²) in [5, 5.41) is 0. The van der Waals surface area contributed by atoms with Gasteiger partial charge in [-0.05, 0) is 13.0 Å². The molecular weight excluding hydrogens is 220 g/mol. The molecule has 0 heterocycles. The Morgan fingerprint density at radius 1 is 1.47 bits per heavy atom. The Bertz CT molecular complexity index is 368. The molecule has 84 valence electrons. The van der Waals surface area contributed by atoms with E-state index < -0.39 is 22.4 Å². The van der Waals surface area contributed by atoms with Crippen LogP contribution in [0.2, 0.25) is 0 Å². The van der Waals surface area contributed by atoms with E-state index in [1.807, 2.05) is 0 Å². The molecule has 2 nitrogen and oxygen atoms in total. The molecule has 0 bridgehead atoms. The molecule has 5 heteroatoms. The number of nitrogens with two attached hydrogens (primary N) is 1. The zero-order valence-corrected chi connectivity index (χ0v) is 9.19. The van der Waals surface area contributed by atoms with Crippen molar-refractivity contribution in [1.82, 2.24) is 0 Å². The minimum Gasteiger partial charge on any atom is -0.327 e. The fraction of sp³-hybridized carbons (Fsp3) is 0.400. The Morgan fingerprint density at radius 3 is 2.67 bits per heavy atom. The molecule has 0 fully saturated rings. The lowest BCUT2D eigenvalue weighted by Crippen LogP contribution is -2.23. The third-order valence-corrected chi connectivity index (χ3v) is 3.31. The normalized spacial score (nSPS) is 14.9. The Hall–Kier alpha value is -0.810. The molecule has 1 aromatic rings. The molecule has 15 heavy (non-hydrogen) atoms. The molecule has 1 rings (SSSR count). The van der Waals surface area contributed by atoms with Crippen molar-refractivity contribution in [2.45, 2.75) is 18.7 Å². The lowest BCUT2D eigenvalue weighted by Gasteiger charge is -2.06. The molecule has 0 aliphatic rings. The third kappa shape index (κ3) is 4.05. The van der Waals surface area contributed by atoms with Crippen molar-refractivity contribution >= 4 is 10.8 Å². The van der Waals surface area contributed by atoms with Gasteiger partial charge in [-0.2, -0.15) is 0 Å². The summed E-state index contributed by atoms with van der Waals surface area (Å²) in [6, 6.07) is 3.07. The van der Waals surface area contributed by atoms with Crippen LogP contribution in [0.5, 0.6) is 0 Å². The second kappa shape index (κ2) is 5.32. The number of benzene rings is 1. The molecule has 1 aromatic carbocycles. The molecular formula is C10H13F2NOS. The molecule has 2 atom stereocenters. The van der Waals surface area contributed by atoms with Crippen LogP contribution in [0.4, 0.5) is 8.78 Å². The molecule has 0 aliphatic carbocycles. The molecule has 0 radical (unpaired) electrons. The van der Waals surface area contributed by atoms with E-state index >= 15 is 0 Å². The highest BCUT2D eigenvalue weighted by molar-refractivity contribution is 7.84. The molecule has 2 N–H and O–H groups in total. The van der Waals surface area contributed by atoms with E-state index in [9.17, 15) is 13.0 Å². The van der Waals surface area contributed by atoms with Crippen LogP contribution in [0.3, 0.4) is 0 Å². The van der Waals surface area contributed by atoms with Gasteiger partial charge in [0.05, 0.1) is 5.75 Å². The Balaban J connectivity index is 2.68. The molecule has 2 unspecified atom stereocenters. The maximum atomic E-state index is 13.1. The van der Waals surface area contributed by atoms with Gasteiger partial charge in [-0.15, -0.1) is 0 Å². The van der Waals surface area contributed by atoms with E-state index in [-0.39, 0.29) is 17.4 Å². The highest BCUT2D eigenvalue weighted by Crippen LogP contribution is 2.11. The average molecular weight is 233 g/mol. The van der Waals surface area contributed by atoms with E-state index in [2.05, 4.69) is 0 Å². The number of rotatable bonds is 4. The number of hydrogen-bond donors (Lipinski definition) is 1. The summed E-state index contributed by atoms with van der Waals surface area (Å²) in [6.45, 7) is 1.74. The first-order valence-corrected chi connectivity index (χ1v) is 6.02. The molecule has 0 aliphatic heterocycles. The minimum atomic E-state index is -1.21. The largest absolute Gasteiger partial charge is 0.327 e. The van der Waals surface area contributed by atoms with Crippen LogP contribution in [0.25, 0.3) is 0 Å². The maximum Gasteiger partial charge on any atom is 0.130 e. The van der Waals surface area contributed by atoms with Gasteiger partial charge in [-0.1, -0.05) is 6.07 Å². The molecule has 0 aromatic heterocycles. The van der Waals surface area contributed by atoms with Crippen LogP contribution in [0, 0.1) is 11.6 Å². The molecule has 0 saturated carbocycles. The second-order valence-electron chi connectivity index (χ2n) is 3.46. The van der Waals surface area contributed by atoms with Crippen LogP contribution in [0.1, 0.15) is 12.5 Å². The third-order valence-electron chi connectivity index (χ3n) is 1.78. The summed E-state index contributed by atoms with van der Waals surface area (Å²) >= 11 is 0. The summed E-state index contributed by atoms with van der Waals surface area (Å²) in [5.41, 5.74) is 5.72. The second-order valence-corrected chi connectivity index (χ2v) is 4.97. The monoisotopic (exact) mass is 233 g/mol. The highest BCUT2D eigenvalue weighted by Gasteiger charge is 2.09. The zero-order valence-electron chi connectivity index (χ0n) is 8.37. The van der Waals surface area contributed by atoms with E-state index in [4.69, 9.17) is 5.73 Å². The summed E-state index contributed by atoms with van der Waals surface area (Å²) in [5.74, 6) is -0.896. The average Bonchev–Trinajstić information content (AvgIpc) is 2.08. The van der Waals surface area contributed by atoms with Crippen molar-refractivity contribution < 1.29 is 13.0 Å². The predicted molar refractivity (Wildman–Crippen MR) is 56.7 cm³/mol. The number of halogens is 2. The quantitative estimate of drug-likeness (QED) is 0.857. The summed E-state index contributed by atoms with van der Waals surface area (Å²) in [6.07, 6.45) is 0. The minimum absolute atomic E-state index is 0.0770. The first-order valence-electron chi connectivity index (χ1n) is 4.53. The van der Waals surface area contributed by atoms with Gasteiger partial charge >= 0.3 is 0 Å². The van der Waals surface area contributed by atoms with E-state index in [0.29, 0.717) is 5.75 Å². The van der Waals surface area contributed by atoms with Crippen LogP contribution in [-0.4, -0.2) is 16.0 Å². The van der Waals surface area contributed by atoms with Crippen molar-refractivity contribution in [2.75, 3.05) is 5.75 Å². The topological polar surface area (TPSA) is 43.1 Å². The molecule has 0 amide bonds. The van der Waals surface area contributed by atoms with Gasteiger partial charge in [0.25, 0.3) is 0 Å². The fourth-order valence-corrected chi connectivity index (χ4v) is 2.45. The van der Waals surface area contributed by atoms with Crippen LogP contribution >= 0.6 is 0 Å². The van der Waals surface area contributed by atoms with Crippen molar-refractivity contribution in [3.8, 4) is 0 Å². The lowest BCUT2D eigenvalue weighted by molar-refractivity contribution is 0.575. The van der Waals surface area contributed by atoms with Gasteiger partial charge in [-0.3, -0.25) is 4.21 Å². The van der Waals surface area contributed by atoms with E-state index in [0.717, 1.165) is 12.1 Å². The van der Waals surface area contributed by atoms with Gasteiger partial charge in [0.2, 0.25) is 0 Å². The van der Waals surface area contributed by atoms with Crippen LogP contribution < -0.4 is 5.73 Å². The first-order chi connectivity index (χ1) is 6.99. The van der Waals surface area contributed by atoms with Crippen LogP contribution in [0.15, 0.2) is 18.2 Å². The van der Waals surface area contributed by atoms with Gasteiger partial charge in [0, 0.05) is 34.2 Å². The summed E-state index contributed by atoms with van der Waals surface area (Å²) < 4.78 is 37.1. The van der Waals surface area contributed by atoms with Crippen LogP contribution in [-0.2, 0) is 16.6 Å². The van der Waals surface area contributed by atoms with Crippen molar-refractivity contribution in [1.29, 1.82) is 0 Å². The fourth-order valence-electron chi connectivity index (χ4n) is 1.16. The lowest BCUT2D eigenvalue weighted by atomic mass is 10.2. The van der Waals surface area contributed by atoms with Gasteiger partial charge < -0.3 is 5.73 Å². The van der Waals surface area contributed by atoms with Gasteiger partial charge in [0.1, 0.15) is 11.6 Å². The molecule has 0 spiro atoms. The van der Waals surface area contributed by atoms with Crippen molar-refractivity contribution in [3.05, 3.63) is 35.4 Å². The molecule has 0 saturated heterocycles. The van der Waals surface area contributed by atoms with Crippen molar-refractivity contribution in [2.24, 2.45) is 5.73 Å². The summed E-state index contributed by atoms with van der Waals surface area (Å²) in [7, 11) is -1.21. The van der Waals surface area contributed by atoms with Gasteiger partial charge in [-0.25, -0.2) is 8.78 Å². The van der Waals surface area contributed by atoms with E-state index in [1.54, 1.807) is 6.92 Å². The van der Waals surface area contributed by atoms with Gasteiger partial charge in [0.15, 0.2) is 0 Å². The Kier molecular flexibility index (Phi) is 4.35. The SMILES string of the molecule is CC(N)CS(=O)Cc1ccc(F)cc1F. The zero-order chi connectivity index (χ0) is 11.4. The standard InChI is InChI=1S/C10H13F2NOS/c1-7(13)5-15(14)6-8-2-3-9(11)4-10(8)12/h2-4,7H,5-6,13H2,1H3. The maximum absolute atomic E-state index is 13.1. The smallest absolute Gasteiger partial charge is 0.130 e. The Morgan fingerprint density at radius 2 is 2.13 bits per heavy atom. The van der Waals surface area contributed by atoms with Crippen molar-refractivity contribution in [3.63, 3.8) is 0 Å².